The minimum Gasteiger partial charge on any atom is -0.465 e. The number of carbonyl (C=O) groups excluding carboxylic acids is 1. The van der Waals surface area contributed by atoms with Crippen molar-refractivity contribution in [2.24, 2.45) is 17.8 Å². The molecule has 2 atom stereocenters. The Kier molecular flexibility index (Phi) is 4.92. The van der Waals surface area contributed by atoms with Crippen LogP contribution in [0.25, 0.3) is 0 Å². The number of carboxylic acid groups (broad SMARTS) is 1. The normalized spacial score (nSPS) is 31.2. The van der Waals surface area contributed by atoms with Gasteiger partial charge in [0.2, 0.25) is 5.91 Å². The molecule has 1 saturated heterocycles. The number of piperidine rings is 1. The Morgan fingerprint density at radius 2 is 1.96 bits per heavy atom. The van der Waals surface area contributed by atoms with Crippen LogP contribution in [0.5, 0.6) is 0 Å². The predicted molar refractivity (Wildman–Crippen MR) is 89.6 cm³/mol. The average Bonchev–Trinajstić information content (AvgIpc) is 2.99. The van der Waals surface area contributed by atoms with Crippen molar-refractivity contribution in [3.63, 3.8) is 0 Å². The van der Waals surface area contributed by atoms with Crippen molar-refractivity contribution < 1.29 is 14.7 Å². The lowest BCUT2D eigenvalue weighted by Crippen LogP contribution is -2.47. The van der Waals surface area contributed by atoms with Gasteiger partial charge in [-0.15, -0.1) is 0 Å². The van der Waals surface area contributed by atoms with E-state index < -0.39 is 6.09 Å². The molecule has 1 aliphatic heterocycles. The molecule has 0 bridgehead atoms. The lowest BCUT2D eigenvalue weighted by molar-refractivity contribution is -0.137. The fourth-order valence-corrected chi connectivity index (χ4v) is 4.10. The summed E-state index contributed by atoms with van der Waals surface area (Å²) < 4.78 is 2.19. The minimum atomic E-state index is -1.14. The summed E-state index contributed by atoms with van der Waals surface area (Å²) in [6.07, 6.45) is 8.93. The second-order valence-corrected chi connectivity index (χ2v) is 7.70. The third kappa shape index (κ3) is 3.62. The Balaban J connectivity index is 1.65. The maximum absolute atomic E-state index is 12.4. The number of nitrogens with zero attached hydrogens (tertiary/aromatic N) is 3. The van der Waals surface area contributed by atoms with Crippen molar-refractivity contribution in [2.75, 3.05) is 6.54 Å². The highest BCUT2D eigenvalue weighted by Crippen LogP contribution is 2.32. The maximum atomic E-state index is 12.4. The van der Waals surface area contributed by atoms with Crippen LogP contribution in [0, 0.1) is 17.8 Å². The van der Waals surface area contributed by atoms with Crippen molar-refractivity contribution in [1.29, 1.82) is 0 Å². The molecule has 1 aliphatic carbocycles. The molecule has 2 amide bonds. The summed E-state index contributed by atoms with van der Waals surface area (Å²) in [7, 11) is 0. The number of aromatic nitrogens is 2. The smallest absolute Gasteiger partial charge is 0.414 e. The Labute approximate surface area is 142 Å². The van der Waals surface area contributed by atoms with Gasteiger partial charge in [-0.05, 0) is 43.9 Å². The molecule has 2 aliphatic rings. The summed E-state index contributed by atoms with van der Waals surface area (Å²) in [6.45, 7) is 4.61. The molecule has 132 valence electrons. The van der Waals surface area contributed by atoms with Crippen LogP contribution < -0.4 is 0 Å². The van der Waals surface area contributed by atoms with E-state index in [-0.39, 0.29) is 17.7 Å². The molecule has 1 saturated carbocycles. The molecule has 2 fully saturated rings. The number of amides is 2. The SMILES string of the molecule is C[C@@H]1CC(Cc2cn([C@H]3CC[C@H](C)CC3)cn2)C(=O)N(C(=O)O)C1. The van der Waals surface area contributed by atoms with E-state index in [1.807, 2.05) is 13.3 Å². The van der Waals surface area contributed by atoms with Gasteiger partial charge in [-0.25, -0.2) is 14.7 Å². The van der Waals surface area contributed by atoms with Gasteiger partial charge in [0, 0.05) is 31.1 Å². The Bertz CT molecular complexity index is 604. The number of imidazole rings is 1. The summed E-state index contributed by atoms with van der Waals surface area (Å²) in [5.74, 6) is 0.458. The number of rotatable bonds is 3. The zero-order valence-electron chi connectivity index (χ0n) is 14.5. The molecule has 1 unspecified atom stereocenters. The molecule has 3 rings (SSSR count). The first-order chi connectivity index (χ1) is 11.4. The van der Waals surface area contributed by atoms with Gasteiger partial charge in [0.15, 0.2) is 0 Å². The van der Waals surface area contributed by atoms with Gasteiger partial charge in [-0.1, -0.05) is 13.8 Å². The van der Waals surface area contributed by atoms with Crippen molar-refractivity contribution in [1.82, 2.24) is 14.5 Å². The molecular weight excluding hydrogens is 306 g/mol. The van der Waals surface area contributed by atoms with Gasteiger partial charge in [0.1, 0.15) is 0 Å². The van der Waals surface area contributed by atoms with Crippen LogP contribution in [-0.2, 0) is 11.2 Å². The topological polar surface area (TPSA) is 75.4 Å². The summed E-state index contributed by atoms with van der Waals surface area (Å²) in [6, 6.07) is 0.513. The van der Waals surface area contributed by atoms with Crippen LogP contribution in [0.2, 0.25) is 0 Å². The largest absolute Gasteiger partial charge is 0.465 e. The molecule has 1 aromatic rings. The van der Waals surface area contributed by atoms with Gasteiger partial charge in [0.25, 0.3) is 0 Å². The molecule has 2 heterocycles. The fourth-order valence-electron chi connectivity index (χ4n) is 4.10. The summed E-state index contributed by atoms with van der Waals surface area (Å²) >= 11 is 0. The fraction of sp³-hybridized carbons (Fsp3) is 0.722. The maximum Gasteiger partial charge on any atom is 0.414 e. The summed E-state index contributed by atoms with van der Waals surface area (Å²) in [4.78, 5) is 29.1. The molecule has 6 nitrogen and oxygen atoms in total. The minimum absolute atomic E-state index is 0.200. The monoisotopic (exact) mass is 333 g/mol. The van der Waals surface area contributed by atoms with E-state index in [0.717, 1.165) is 22.9 Å². The van der Waals surface area contributed by atoms with E-state index in [1.165, 1.54) is 25.7 Å². The van der Waals surface area contributed by atoms with Crippen molar-refractivity contribution >= 4 is 12.0 Å². The van der Waals surface area contributed by atoms with E-state index in [9.17, 15) is 14.7 Å². The highest BCUT2D eigenvalue weighted by molar-refractivity contribution is 5.93. The van der Waals surface area contributed by atoms with E-state index in [1.54, 1.807) is 0 Å². The quantitative estimate of drug-likeness (QED) is 0.920. The van der Waals surface area contributed by atoms with E-state index in [2.05, 4.69) is 22.7 Å². The molecule has 1 N–H and O–H groups in total. The predicted octanol–water partition coefficient (Wildman–Crippen LogP) is 3.34. The zero-order chi connectivity index (χ0) is 17.3. The van der Waals surface area contributed by atoms with Crippen LogP contribution in [0.1, 0.15) is 57.7 Å². The van der Waals surface area contributed by atoms with Crippen LogP contribution in [-0.4, -0.2) is 38.1 Å². The van der Waals surface area contributed by atoms with Gasteiger partial charge < -0.3 is 9.67 Å². The second kappa shape index (κ2) is 6.95. The van der Waals surface area contributed by atoms with Crippen LogP contribution in [0.3, 0.4) is 0 Å². The number of imide groups is 1. The molecule has 6 heteroatoms. The van der Waals surface area contributed by atoms with Crippen molar-refractivity contribution in [2.45, 2.75) is 58.4 Å². The highest BCUT2D eigenvalue weighted by Gasteiger charge is 2.36. The molecular formula is C18H27N3O3. The Morgan fingerprint density at radius 3 is 2.62 bits per heavy atom. The molecule has 0 aromatic carbocycles. The average molecular weight is 333 g/mol. The van der Waals surface area contributed by atoms with E-state index in [4.69, 9.17) is 0 Å². The van der Waals surface area contributed by atoms with Crippen LogP contribution in [0.4, 0.5) is 4.79 Å². The number of likely N-dealkylation sites (tertiary alicyclic amines) is 1. The summed E-state index contributed by atoms with van der Waals surface area (Å²) in [5.41, 5.74) is 0.895. The standard InChI is InChI=1S/C18H27N3O3/c1-12-3-5-16(6-4-12)20-10-15(19-11-20)8-14-7-13(2)9-21(17(14)22)18(23)24/h10-14,16H,3-9H2,1-2H3,(H,23,24)/t12-,13-,14?,16-/m1/s1. The summed E-state index contributed by atoms with van der Waals surface area (Å²) in [5, 5.41) is 9.19. The molecule has 1 aromatic heterocycles. The lowest BCUT2D eigenvalue weighted by Gasteiger charge is -2.32. The van der Waals surface area contributed by atoms with Gasteiger partial charge in [-0.2, -0.15) is 0 Å². The first-order valence-electron chi connectivity index (χ1n) is 9.00. The van der Waals surface area contributed by atoms with Gasteiger partial charge in [0.05, 0.1) is 12.0 Å². The van der Waals surface area contributed by atoms with Gasteiger partial charge >= 0.3 is 6.09 Å². The highest BCUT2D eigenvalue weighted by atomic mass is 16.4. The second-order valence-electron chi connectivity index (χ2n) is 7.70. The van der Waals surface area contributed by atoms with Gasteiger partial charge in [-0.3, -0.25) is 4.79 Å². The van der Waals surface area contributed by atoms with Crippen molar-refractivity contribution in [3.8, 4) is 0 Å². The first-order valence-corrected chi connectivity index (χ1v) is 9.00. The third-order valence-electron chi connectivity index (χ3n) is 5.54. The first kappa shape index (κ1) is 17.0. The molecule has 0 spiro atoms. The number of hydrogen-bond acceptors (Lipinski definition) is 3. The van der Waals surface area contributed by atoms with E-state index in [0.29, 0.717) is 19.0 Å². The third-order valence-corrected chi connectivity index (χ3v) is 5.54. The Hall–Kier alpha value is -1.85. The van der Waals surface area contributed by atoms with E-state index >= 15 is 0 Å². The molecule has 0 radical (unpaired) electrons. The van der Waals surface area contributed by atoms with Crippen LogP contribution >= 0.6 is 0 Å². The molecule has 24 heavy (non-hydrogen) atoms. The zero-order valence-corrected chi connectivity index (χ0v) is 14.5. The number of carbonyl (C=O) groups is 2. The lowest BCUT2D eigenvalue weighted by atomic mass is 9.86. The van der Waals surface area contributed by atoms with Crippen molar-refractivity contribution in [3.05, 3.63) is 18.2 Å². The number of hydrogen-bond donors (Lipinski definition) is 1. The Morgan fingerprint density at radius 1 is 1.25 bits per heavy atom. The van der Waals surface area contributed by atoms with Crippen LogP contribution in [0.15, 0.2) is 12.5 Å².